The van der Waals surface area contributed by atoms with Crippen LogP contribution in [0.4, 0.5) is 5.69 Å². The first-order valence-corrected chi connectivity index (χ1v) is 4.62. The molecule has 0 aliphatic rings. The lowest BCUT2D eigenvalue weighted by Crippen LogP contribution is -2.21. The van der Waals surface area contributed by atoms with E-state index < -0.39 is 5.91 Å². The van der Waals surface area contributed by atoms with Crippen LogP contribution in [0.1, 0.15) is 18.1 Å². The smallest absolute Gasteiger partial charge is 0.273 e. The second kappa shape index (κ2) is 4.59. The van der Waals surface area contributed by atoms with Crippen molar-refractivity contribution in [3.63, 3.8) is 0 Å². The molecule has 1 amide bonds. The highest BCUT2D eigenvalue weighted by Crippen LogP contribution is 2.19. The Bertz CT molecular complexity index is 391. The van der Waals surface area contributed by atoms with Gasteiger partial charge in [0.15, 0.2) is 0 Å². The van der Waals surface area contributed by atoms with E-state index >= 15 is 0 Å². The fraction of sp³-hybridized carbons (Fsp3) is 0.273. The molecular formula is C11H14N2O2. The Balaban J connectivity index is 2.95. The maximum absolute atomic E-state index is 11.4. The molecule has 1 aromatic carbocycles. The molecule has 0 aromatic heterocycles. The molecule has 4 heteroatoms. The molecule has 0 spiro atoms. The summed E-state index contributed by atoms with van der Waals surface area (Å²) in [5.41, 5.74) is 2.77. The summed E-state index contributed by atoms with van der Waals surface area (Å²) in [5, 5.41) is 14.0. The van der Waals surface area contributed by atoms with Crippen LogP contribution in [0.25, 0.3) is 0 Å². The Morgan fingerprint density at radius 1 is 1.33 bits per heavy atom. The van der Waals surface area contributed by atoms with E-state index in [2.05, 4.69) is 10.5 Å². The third-order valence-corrected chi connectivity index (χ3v) is 2.20. The van der Waals surface area contributed by atoms with Gasteiger partial charge < -0.3 is 10.5 Å². The zero-order chi connectivity index (χ0) is 11.4. The Kier molecular flexibility index (Phi) is 3.44. The highest BCUT2D eigenvalue weighted by atomic mass is 16.4. The van der Waals surface area contributed by atoms with Crippen molar-refractivity contribution >= 4 is 17.3 Å². The Hall–Kier alpha value is -1.84. The fourth-order valence-electron chi connectivity index (χ4n) is 1.26. The summed E-state index contributed by atoms with van der Waals surface area (Å²) in [6.45, 7) is 5.27. The van der Waals surface area contributed by atoms with Crippen molar-refractivity contribution < 1.29 is 10.0 Å². The number of hydrogen-bond donors (Lipinski definition) is 2. The number of nitrogens with zero attached hydrogens (tertiary/aromatic N) is 1. The average molecular weight is 206 g/mol. The molecule has 0 aliphatic carbocycles. The third-order valence-electron chi connectivity index (χ3n) is 2.20. The molecule has 0 aliphatic heterocycles. The second-order valence-corrected chi connectivity index (χ2v) is 3.41. The van der Waals surface area contributed by atoms with Gasteiger partial charge in [0.1, 0.15) is 5.71 Å². The van der Waals surface area contributed by atoms with Gasteiger partial charge in [0.2, 0.25) is 0 Å². The Morgan fingerprint density at radius 3 is 2.33 bits per heavy atom. The number of benzene rings is 1. The van der Waals surface area contributed by atoms with Crippen molar-refractivity contribution in [2.24, 2.45) is 5.16 Å². The van der Waals surface area contributed by atoms with E-state index in [1.54, 1.807) is 0 Å². The molecule has 0 unspecified atom stereocenters. The second-order valence-electron chi connectivity index (χ2n) is 3.41. The predicted octanol–water partition coefficient (Wildman–Crippen LogP) is 2.09. The van der Waals surface area contributed by atoms with Gasteiger partial charge in [-0.3, -0.25) is 4.79 Å². The number of hydrogen-bond acceptors (Lipinski definition) is 3. The van der Waals surface area contributed by atoms with Gasteiger partial charge in [0.05, 0.1) is 0 Å². The van der Waals surface area contributed by atoms with E-state index in [4.69, 9.17) is 5.21 Å². The number of amides is 1. The molecule has 4 nitrogen and oxygen atoms in total. The van der Waals surface area contributed by atoms with E-state index in [1.807, 2.05) is 32.0 Å². The van der Waals surface area contributed by atoms with Crippen molar-refractivity contribution in [3.8, 4) is 0 Å². The molecule has 0 atom stereocenters. The molecule has 0 radical (unpaired) electrons. The monoisotopic (exact) mass is 206 g/mol. The number of oxime groups is 1. The van der Waals surface area contributed by atoms with Crippen molar-refractivity contribution in [1.29, 1.82) is 0 Å². The van der Waals surface area contributed by atoms with Gasteiger partial charge in [-0.2, -0.15) is 0 Å². The molecule has 1 aromatic rings. The van der Waals surface area contributed by atoms with E-state index in [1.165, 1.54) is 6.92 Å². The molecule has 0 saturated heterocycles. The van der Waals surface area contributed by atoms with Gasteiger partial charge in [-0.05, 0) is 31.9 Å². The van der Waals surface area contributed by atoms with Gasteiger partial charge in [0.25, 0.3) is 5.91 Å². The van der Waals surface area contributed by atoms with Gasteiger partial charge in [-0.15, -0.1) is 0 Å². The molecular weight excluding hydrogens is 192 g/mol. The first-order valence-electron chi connectivity index (χ1n) is 4.62. The van der Waals surface area contributed by atoms with Crippen LogP contribution in [0.3, 0.4) is 0 Å². The van der Waals surface area contributed by atoms with Crippen LogP contribution in [0, 0.1) is 13.8 Å². The minimum atomic E-state index is -0.394. The van der Waals surface area contributed by atoms with E-state index in [-0.39, 0.29) is 5.71 Å². The minimum absolute atomic E-state index is 0.0395. The first kappa shape index (κ1) is 11.2. The molecule has 0 heterocycles. The maximum Gasteiger partial charge on any atom is 0.273 e. The Morgan fingerprint density at radius 2 is 1.87 bits per heavy atom. The largest absolute Gasteiger partial charge is 0.410 e. The van der Waals surface area contributed by atoms with Crippen molar-refractivity contribution in [1.82, 2.24) is 0 Å². The SMILES string of the molecule is C/C(=N\O)C(=O)Nc1c(C)cccc1C. The molecule has 15 heavy (non-hydrogen) atoms. The molecule has 2 N–H and O–H groups in total. The lowest BCUT2D eigenvalue weighted by molar-refractivity contribution is -0.110. The fourth-order valence-corrected chi connectivity index (χ4v) is 1.26. The van der Waals surface area contributed by atoms with Crippen LogP contribution < -0.4 is 5.32 Å². The summed E-state index contributed by atoms with van der Waals surface area (Å²) >= 11 is 0. The number of carbonyl (C=O) groups is 1. The van der Waals surface area contributed by atoms with Crippen LogP contribution in [0.5, 0.6) is 0 Å². The first-order chi connectivity index (χ1) is 7.06. The maximum atomic E-state index is 11.4. The van der Waals surface area contributed by atoms with Crippen LogP contribution in [-0.4, -0.2) is 16.8 Å². The number of para-hydroxylation sites is 1. The zero-order valence-electron chi connectivity index (χ0n) is 9.03. The summed E-state index contributed by atoms with van der Waals surface area (Å²) in [6.07, 6.45) is 0. The Labute approximate surface area is 88.6 Å². The zero-order valence-corrected chi connectivity index (χ0v) is 9.03. The number of nitrogens with one attached hydrogen (secondary N) is 1. The van der Waals surface area contributed by atoms with E-state index in [9.17, 15) is 4.79 Å². The van der Waals surface area contributed by atoms with E-state index in [0.29, 0.717) is 0 Å². The summed E-state index contributed by atoms with van der Waals surface area (Å²) in [6, 6.07) is 5.75. The van der Waals surface area contributed by atoms with Gasteiger partial charge in [-0.25, -0.2) is 0 Å². The van der Waals surface area contributed by atoms with Crippen LogP contribution >= 0.6 is 0 Å². The minimum Gasteiger partial charge on any atom is -0.410 e. The van der Waals surface area contributed by atoms with Crippen LogP contribution in [0.2, 0.25) is 0 Å². The number of anilines is 1. The lowest BCUT2D eigenvalue weighted by Gasteiger charge is -2.10. The number of aryl methyl sites for hydroxylation is 2. The van der Waals surface area contributed by atoms with Gasteiger partial charge in [-0.1, -0.05) is 23.4 Å². The number of rotatable bonds is 2. The van der Waals surface area contributed by atoms with Crippen molar-refractivity contribution in [3.05, 3.63) is 29.3 Å². The predicted molar refractivity (Wildman–Crippen MR) is 59.4 cm³/mol. The standard InChI is InChI=1S/C11H14N2O2/c1-7-5-4-6-8(2)10(7)12-11(14)9(3)13-15/h4-6,15H,1-3H3,(H,12,14)/b13-9+. The van der Waals surface area contributed by atoms with Crippen LogP contribution in [0.15, 0.2) is 23.4 Å². The average Bonchev–Trinajstić information content (AvgIpc) is 2.22. The van der Waals surface area contributed by atoms with Crippen molar-refractivity contribution in [2.45, 2.75) is 20.8 Å². The quantitative estimate of drug-likeness (QED) is 0.442. The van der Waals surface area contributed by atoms with Crippen LogP contribution in [-0.2, 0) is 4.79 Å². The lowest BCUT2D eigenvalue weighted by atomic mass is 10.1. The topological polar surface area (TPSA) is 61.7 Å². The van der Waals surface area contributed by atoms with Crippen molar-refractivity contribution in [2.75, 3.05) is 5.32 Å². The van der Waals surface area contributed by atoms with Gasteiger partial charge in [0, 0.05) is 5.69 Å². The molecule has 1 rings (SSSR count). The molecule has 0 saturated carbocycles. The summed E-state index contributed by atoms with van der Waals surface area (Å²) in [4.78, 5) is 11.4. The third kappa shape index (κ3) is 2.56. The number of carbonyl (C=O) groups excluding carboxylic acids is 1. The molecule has 0 bridgehead atoms. The summed E-state index contributed by atoms with van der Waals surface area (Å²) in [7, 11) is 0. The normalized spacial score (nSPS) is 11.3. The summed E-state index contributed by atoms with van der Waals surface area (Å²) in [5.74, 6) is -0.394. The highest BCUT2D eigenvalue weighted by Gasteiger charge is 2.09. The van der Waals surface area contributed by atoms with E-state index in [0.717, 1.165) is 16.8 Å². The molecule has 80 valence electrons. The van der Waals surface area contributed by atoms with Gasteiger partial charge >= 0.3 is 0 Å². The highest BCUT2D eigenvalue weighted by molar-refractivity contribution is 6.42. The summed E-state index contributed by atoms with van der Waals surface area (Å²) < 4.78 is 0. The molecule has 0 fully saturated rings.